The Morgan fingerprint density at radius 3 is 1.46 bits per heavy atom. The molecule has 0 amide bonds. The van der Waals surface area contributed by atoms with E-state index in [1.54, 1.807) is 0 Å². The Hall–Kier alpha value is -9.13. The number of para-hydroxylation sites is 3. The van der Waals surface area contributed by atoms with Gasteiger partial charge in [-0.05, 0) is 115 Å². The molecule has 0 bridgehead atoms. The first-order valence-corrected chi connectivity index (χ1v) is 23.2. The smallest absolute Gasteiger partial charge is 0.252 e. The number of benzene rings is 10. The molecule has 0 fully saturated rings. The number of anilines is 6. The van der Waals surface area contributed by atoms with Gasteiger partial charge in [0.05, 0.1) is 19.1 Å². The molecule has 11 aromatic rings. The first kappa shape index (κ1) is 30.3. The van der Waals surface area contributed by atoms with Gasteiger partial charge in [-0.15, -0.1) is 0 Å². The summed E-state index contributed by atoms with van der Waals surface area (Å²) < 4.78 is 86.4. The molecule has 0 radical (unpaired) electrons. The zero-order valence-electron chi connectivity index (χ0n) is 47.1. The summed E-state index contributed by atoms with van der Waals surface area (Å²) in [5, 5.41) is 0. The second-order valence-corrected chi connectivity index (χ2v) is 17.9. The molecule has 1 atom stereocenters. The van der Waals surface area contributed by atoms with E-state index in [1.165, 1.54) is 16.4 Å². The van der Waals surface area contributed by atoms with Crippen LogP contribution in [0.1, 0.15) is 36.0 Å². The second kappa shape index (κ2) is 14.9. The standard InChI is InChI=1S/C64H40BN5/c1-5-20-41(21-6-1)61-66-62(42-22-7-2-8-23-42)68-63(67-61)43-36-37-52-48(38-43)46-28-13-15-30-50(46)64(52)51-31-16-14-29-47(51)49-39-55-59(40-53(49)64)70(45-26-11-4-12-27-45)58-35-19-34-57-60(58)65(55)54-32-17-18-33-56(54)69(57)44-24-9-3-10-25-44/h1-40H/i1D,2D,5D,6D,7D,8D,20D,21D,22D,23D. The molecule has 2 aliphatic heterocycles. The minimum Gasteiger partial charge on any atom is -0.311 e. The third-order valence-corrected chi connectivity index (χ3v) is 14.5. The molecular formula is C64H40BN5. The Balaban J connectivity index is 0.981. The van der Waals surface area contributed by atoms with Crippen LogP contribution < -0.4 is 26.2 Å². The van der Waals surface area contributed by atoms with E-state index in [1.807, 2.05) is 24.3 Å². The lowest BCUT2D eigenvalue weighted by molar-refractivity contribution is 0.794. The number of rotatable bonds is 5. The largest absolute Gasteiger partial charge is 0.311 e. The highest BCUT2D eigenvalue weighted by molar-refractivity contribution is 7.00. The molecule has 1 spiro atoms. The fraction of sp³-hybridized carbons (Fsp3) is 0.0156. The van der Waals surface area contributed by atoms with Crippen LogP contribution in [0.3, 0.4) is 0 Å². The average Bonchev–Trinajstić information content (AvgIpc) is 4.16. The Morgan fingerprint density at radius 2 is 0.843 bits per heavy atom. The number of hydrogen-bond acceptors (Lipinski definition) is 5. The quantitative estimate of drug-likeness (QED) is 0.161. The Kier molecular flexibility index (Phi) is 6.46. The highest BCUT2D eigenvalue weighted by Crippen LogP contribution is 2.64. The SMILES string of the molecule is [2H]c1c([2H])c([2H])c(-c2nc(-c3ccc4c(c3)-c3ccccc3C43c4ccccc4-c4cc5c(cc43)N(c3ccccc3)c3cccc4c3B5c3ccccc3N4c3ccccc3)nc(-c3c([2H])c([2H])c([2H])c([2H])c3[2H])n2)c([2H])c1[2H]. The molecule has 15 rings (SSSR count). The van der Waals surface area contributed by atoms with Crippen LogP contribution in [0.15, 0.2) is 242 Å². The summed E-state index contributed by atoms with van der Waals surface area (Å²) in [5.41, 5.74) is 17.5. The van der Waals surface area contributed by atoms with Crippen LogP contribution in [0.4, 0.5) is 34.1 Å². The van der Waals surface area contributed by atoms with Crippen molar-refractivity contribution in [2.24, 2.45) is 0 Å². The third kappa shape index (κ3) is 5.41. The lowest BCUT2D eigenvalue weighted by atomic mass is 9.33. The molecule has 5 nitrogen and oxygen atoms in total. The number of hydrogen-bond donors (Lipinski definition) is 0. The van der Waals surface area contributed by atoms with Gasteiger partial charge in [-0.3, -0.25) is 0 Å². The van der Waals surface area contributed by atoms with Crippen molar-refractivity contribution < 1.29 is 13.7 Å². The normalized spacial score (nSPS) is 17.1. The molecular weight excluding hydrogens is 850 g/mol. The zero-order valence-corrected chi connectivity index (χ0v) is 37.1. The van der Waals surface area contributed by atoms with Gasteiger partial charge in [-0.1, -0.05) is 188 Å². The van der Waals surface area contributed by atoms with Crippen molar-refractivity contribution in [1.82, 2.24) is 15.0 Å². The summed E-state index contributed by atoms with van der Waals surface area (Å²) in [6, 6.07) is 58.5. The van der Waals surface area contributed by atoms with Crippen molar-refractivity contribution in [3.63, 3.8) is 0 Å². The molecule has 2 aliphatic carbocycles. The van der Waals surface area contributed by atoms with Crippen LogP contribution in [0.25, 0.3) is 56.4 Å². The predicted octanol–water partition coefficient (Wildman–Crippen LogP) is 13.3. The fourth-order valence-corrected chi connectivity index (χ4v) is 11.8. The van der Waals surface area contributed by atoms with Gasteiger partial charge in [0, 0.05) is 50.8 Å². The maximum Gasteiger partial charge on any atom is 0.252 e. The maximum atomic E-state index is 8.92. The van der Waals surface area contributed by atoms with E-state index in [0.717, 1.165) is 78.6 Å². The van der Waals surface area contributed by atoms with Crippen LogP contribution in [0.5, 0.6) is 0 Å². The van der Waals surface area contributed by atoms with Gasteiger partial charge in [0.1, 0.15) is 0 Å². The van der Waals surface area contributed by atoms with Crippen molar-refractivity contribution in [2.75, 3.05) is 9.80 Å². The van der Waals surface area contributed by atoms with Crippen LogP contribution in [-0.4, -0.2) is 21.7 Å². The highest BCUT2D eigenvalue weighted by Gasteiger charge is 2.53. The summed E-state index contributed by atoms with van der Waals surface area (Å²) >= 11 is 0. The summed E-state index contributed by atoms with van der Waals surface area (Å²) in [6.07, 6.45) is 0. The minimum absolute atomic E-state index is 0.00118. The number of aromatic nitrogens is 3. The molecule has 0 saturated carbocycles. The van der Waals surface area contributed by atoms with Crippen LogP contribution in [0, 0.1) is 0 Å². The monoisotopic (exact) mass is 899 g/mol. The van der Waals surface area contributed by atoms with Gasteiger partial charge >= 0.3 is 0 Å². The topological polar surface area (TPSA) is 45.2 Å². The maximum absolute atomic E-state index is 8.92. The summed E-state index contributed by atoms with van der Waals surface area (Å²) in [6.45, 7) is -0.118. The molecule has 1 aromatic heterocycles. The first-order chi connectivity index (χ1) is 38.9. The fourth-order valence-electron chi connectivity index (χ4n) is 11.8. The van der Waals surface area contributed by atoms with Gasteiger partial charge in [0.25, 0.3) is 6.71 Å². The third-order valence-electron chi connectivity index (χ3n) is 14.5. The van der Waals surface area contributed by atoms with E-state index in [4.69, 9.17) is 23.7 Å². The molecule has 6 heteroatoms. The lowest BCUT2D eigenvalue weighted by Crippen LogP contribution is -2.61. The van der Waals surface area contributed by atoms with Gasteiger partial charge in [-0.25, -0.2) is 15.0 Å². The van der Waals surface area contributed by atoms with Gasteiger partial charge in [0.2, 0.25) is 0 Å². The van der Waals surface area contributed by atoms with Gasteiger partial charge in [-0.2, -0.15) is 0 Å². The first-order valence-electron chi connectivity index (χ1n) is 28.2. The second-order valence-electron chi connectivity index (χ2n) is 17.9. The molecule has 10 aromatic carbocycles. The molecule has 1 unspecified atom stereocenters. The summed E-state index contributed by atoms with van der Waals surface area (Å²) in [4.78, 5) is 19.0. The van der Waals surface area contributed by atoms with Gasteiger partial charge < -0.3 is 9.80 Å². The van der Waals surface area contributed by atoms with E-state index in [0.29, 0.717) is 5.56 Å². The predicted molar refractivity (Wildman–Crippen MR) is 286 cm³/mol. The average molecular weight is 900 g/mol. The molecule has 3 heterocycles. The minimum atomic E-state index is -0.833. The molecule has 70 heavy (non-hydrogen) atoms. The molecule has 0 saturated heterocycles. The van der Waals surface area contributed by atoms with E-state index < -0.39 is 65.8 Å². The summed E-state index contributed by atoms with van der Waals surface area (Å²) in [5.74, 6) is -0.638. The zero-order chi connectivity index (χ0) is 54.6. The molecule has 4 aliphatic rings. The van der Waals surface area contributed by atoms with Crippen LogP contribution in [0.2, 0.25) is 0 Å². The van der Waals surface area contributed by atoms with E-state index >= 15 is 0 Å². The molecule has 324 valence electrons. The van der Waals surface area contributed by atoms with E-state index in [9.17, 15) is 0 Å². The van der Waals surface area contributed by atoms with Crippen LogP contribution in [-0.2, 0) is 5.41 Å². The molecule has 0 N–H and O–H groups in total. The highest BCUT2D eigenvalue weighted by atomic mass is 15.2. The van der Waals surface area contributed by atoms with Crippen LogP contribution >= 0.6 is 0 Å². The van der Waals surface area contributed by atoms with Gasteiger partial charge in [0.15, 0.2) is 17.5 Å². The van der Waals surface area contributed by atoms with E-state index in [2.05, 4.69) is 173 Å². The Bertz CT molecular complexity index is 4400. The van der Waals surface area contributed by atoms with Crippen molar-refractivity contribution in [1.29, 1.82) is 0 Å². The Morgan fingerprint density at radius 1 is 0.357 bits per heavy atom. The summed E-state index contributed by atoms with van der Waals surface area (Å²) in [7, 11) is 0. The number of fused-ring (bicyclic) bond motifs is 14. The van der Waals surface area contributed by atoms with Crippen molar-refractivity contribution in [3.8, 4) is 56.4 Å². The number of nitrogens with zero attached hydrogens (tertiary/aromatic N) is 5. The lowest BCUT2D eigenvalue weighted by Gasteiger charge is -2.44. The van der Waals surface area contributed by atoms with Crippen molar-refractivity contribution in [2.45, 2.75) is 5.41 Å². The van der Waals surface area contributed by atoms with Crippen molar-refractivity contribution >= 4 is 57.2 Å². The Labute approximate surface area is 420 Å². The van der Waals surface area contributed by atoms with E-state index in [-0.39, 0.29) is 35.3 Å². The van der Waals surface area contributed by atoms with Crippen molar-refractivity contribution in [3.05, 3.63) is 265 Å².